The molecule has 1 N–H and O–H groups in total. The minimum atomic E-state index is -2.83. The van der Waals surface area contributed by atoms with Crippen molar-refractivity contribution in [2.24, 2.45) is 16.8 Å². The van der Waals surface area contributed by atoms with Gasteiger partial charge in [-0.15, -0.1) is 0 Å². The van der Waals surface area contributed by atoms with E-state index >= 15 is 0 Å². The van der Waals surface area contributed by atoms with Crippen LogP contribution >= 0.6 is 0 Å². The first kappa shape index (κ1) is 20.2. The number of sulfone groups is 1. The molecule has 2 saturated heterocycles. The second-order valence-corrected chi connectivity index (χ2v) is 10.7. The summed E-state index contributed by atoms with van der Waals surface area (Å²) in [6, 6.07) is 8.64. The molecule has 2 unspecified atom stereocenters. The quantitative estimate of drug-likeness (QED) is 0.619. The molecule has 5 nitrogen and oxygen atoms in total. The fraction of sp³-hybridized carbons (Fsp3) is 0.667. The molecule has 2 heterocycles. The average Bonchev–Trinajstić information content (AvgIpc) is 3.22. The molecule has 0 spiro atoms. The molecule has 0 bridgehead atoms. The van der Waals surface area contributed by atoms with Crippen molar-refractivity contribution in [3.8, 4) is 0 Å². The fourth-order valence-electron chi connectivity index (χ4n) is 4.06. The van der Waals surface area contributed by atoms with Gasteiger partial charge in [-0.2, -0.15) is 0 Å². The number of nitrogens with one attached hydrogen (secondary N) is 1. The van der Waals surface area contributed by atoms with Crippen molar-refractivity contribution in [3.05, 3.63) is 35.4 Å². The van der Waals surface area contributed by atoms with Gasteiger partial charge >= 0.3 is 0 Å². The van der Waals surface area contributed by atoms with Gasteiger partial charge in [0.15, 0.2) is 15.8 Å². The van der Waals surface area contributed by atoms with E-state index in [1.165, 1.54) is 11.1 Å². The number of aryl methyl sites for hydroxylation is 1. The number of guanidine groups is 1. The lowest BCUT2D eigenvalue weighted by Gasteiger charge is -2.24. The molecule has 2 aliphatic heterocycles. The predicted octanol–water partition coefficient (Wildman–Crippen LogP) is 2.82. The SMILES string of the molecule is Cc1ccccc1C1CCN(C(=NCC(C)C)NCC2CCS(=O)(=O)C2)C1. The van der Waals surface area contributed by atoms with Gasteiger partial charge in [-0.05, 0) is 42.7 Å². The van der Waals surface area contributed by atoms with E-state index in [9.17, 15) is 8.42 Å². The summed E-state index contributed by atoms with van der Waals surface area (Å²) in [4.78, 5) is 7.19. The zero-order chi connectivity index (χ0) is 19.4. The highest BCUT2D eigenvalue weighted by Gasteiger charge is 2.30. The molecule has 2 aliphatic rings. The van der Waals surface area contributed by atoms with Gasteiger partial charge in [0.05, 0.1) is 11.5 Å². The molecule has 3 rings (SSSR count). The number of aliphatic imine (C=N–C) groups is 1. The van der Waals surface area contributed by atoms with Gasteiger partial charge in [-0.1, -0.05) is 38.1 Å². The van der Waals surface area contributed by atoms with Crippen molar-refractivity contribution < 1.29 is 8.42 Å². The third-order valence-electron chi connectivity index (χ3n) is 5.60. The Labute approximate surface area is 164 Å². The van der Waals surface area contributed by atoms with Crippen LogP contribution < -0.4 is 5.32 Å². The molecular weight excluding hydrogens is 358 g/mol. The summed E-state index contributed by atoms with van der Waals surface area (Å²) < 4.78 is 23.4. The summed E-state index contributed by atoms with van der Waals surface area (Å²) in [6.45, 7) is 9.97. The van der Waals surface area contributed by atoms with Crippen molar-refractivity contribution in [2.45, 2.75) is 39.5 Å². The molecule has 2 atom stereocenters. The zero-order valence-corrected chi connectivity index (χ0v) is 17.6. The van der Waals surface area contributed by atoms with Gasteiger partial charge in [0.2, 0.25) is 0 Å². The lowest BCUT2D eigenvalue weighted by Crippen LogP contribution is -2.42. The summed E-state index contributed by atoms with van der Waals surface area (Å²) in [7, 11) is -2.83. The zero-order valence-electron chi connectivity index (χ0n) is 16.8. The predicted molar refractivity (Wildman–Crippen MR) is 112 cm³/mol. The summed E-state index contributed by atoms with van der Waals surface area (Å²) in [5.41, 5.74) is 2.79. The number of nitrogens with zero attached hydrogens (tertiary/aromatic N) is 2. The van der Waals surface area contributed by atoms with Crippen molar-refractivity contribution in [1.29, 1.82) is 0 Å². The van der Waals surface area contributed by atoms with Crippen LogP contribution in [0.5, 0.6) is 0 Å². The first-order valence-electron chi connectivity index (χ1n) is 10.1. The maximum atomic E-state index is 11.7. The van der Waals surface area contributed by atoms with Gasteiger partial charge in [0.1, 0.15) is 0 Å². The smallest absolute Gasteiger partial charge is 0.193 e. The van der Waals surface area contributed by atoms with Crippen molar-refractivity contribution in [2.75, 3.05) is 37.7 Å². The molecule has 2 fully saturated rings. The summed E-state index contributed by atoms with van der Waals surface area (Å²) in [5.74, 6) is 2.82. The first-order chi connectivity index (χ1) is 12.8. The summed E-state index contributed by atoms with van der Waals surface area (Å²) in [6.07, 6.45) is 1.89. The normalized spacial score (nSPS) is 25.3. The van der Waals surface area contributed by atoms with Crippen LogP contribution in [0.1, 0.15) is 43.7 Å². The highest BCUT2D eigenvalue weighted by atomic mass is 32.2. The third-order valence-corrected chi connectivity index (χ3v) is 7.43. The van der Waals surface area contributed by atoms with Crippen LogP contribution in [-0.2, 0) is 9.84 Å². The third kappa shape index (κ3) is 5.47. The van der Waals surface area contributed by atoms with Crippen LogP contribution in [-0.4, -0.2) is 57.0 Å². The Morgan fingerprint density at radius 1 is 1.30 bits per heavy atom. The van der Waals surface area contributed by atoms with Crippen molar-refractivity contribution in [1.82, 2.24) is 10.2 Å². The van der Waals surface area contributed by atoms with Gasteiger partial charge in [0.25, 0.3) is 0 Å². The molecule has 0 radical (unpaired) electrons. The number of hydrogen-bond acceptors (Lipinski definition) is 3. The number of likely N-dealkylation sites (tertiary alicyclic amines) is 1. The lowest BCUT2D eigenvalue weighted by molar-refractivity contribution is 0.466. The highest BCUT2D eigenvalue weighted by molar-refractivity contribution is 7.91. The van der Waals surface area contributed by atoms with E-state index in [1.54, 1.807) is 0 Å². The lowest BCUT2D eigenvalue weighted by atomic mass is 9.94. The molecule has 0 aliphatic carbocycles. The second-order valence-electron chi connectivity index (χ2n) is 8.50. The molecule has 1 aromatic rings. The maximum Gasteiger partial charge on any atom is 0.193 e. The van der Waals surface area contributed by atoms with E-state index in [4.69, 9.17) is 4.99 Å². The summed E-state index contributed by atoms with van der Waals surface area (Å²) >= 11 is 0. The van der Waals surface area contributed by atoms with E-state index < -0.39 is 9.84 Å². The Morgan fingerprint density at radius 3 is 2.74 bits per heavy atom. The molecule has 27 heavy (non-hydrogen) atoms. The standard InChI is InChI=1S/C21H33N3O2S/c1-16(2)12-22-21(23-13-18-9-11-27(25,26)15-18)24-10-8-19(14-24)20-7-5-4-6-17(20)3/h4-7,16,18-19H,8-15H2,1-3H3,(H,22,23). The Kier molecular flexibility index (Phi) is 6.45. The van der Waals surface area contributed by atoms with E-state index in [0.717, 1.165) is 38.4 Å². The topological polar surface area (TPSA) is 61.8 Å². The van der Waals surface area contributed by atoms with E-state index in [0.29, 0.717) is 29.9 Å². The van der Waals surface area contributed by atoms with Crippen molar-refractivity contribution >= 4 is 15.8 Å². The molecule has 0 aromatic heterocycles. The summed E-state index contributed by atoms with van der Waals surface area (Å²) in [5, 5.41) is 3.49. The van der Waals surface area contributed by atoms with Crippen LogP contribution in [0.3, 0.4) is 0 Å². The largest absolute Gasteiger partial charge is 0.356 e. The Balaban J connectivity index is 1.65. The van der Waals surface area contributed by atoms with Gasteiger partial charge in [0, 0.05) is 32.1 Å². The Hall–Kier alpha value is -1.56. The van der Waals surface area contributed by atoms with E-state index in [-0.39, 0.29) is 5.92 Å². The minimum Gasteiger partial charge on any atom is -0.356 e. The Bertz CT molecular complexity index is 773. The number of rotatable bonds is 5. The highest BCUT2D eigenvalue weighted by Crippen LogP contribution is 2.29. The van der Waals surface area contributed by atoms with Gasteiger partial charge < -0.3 is 10.2 Å². The molecule has 0 amide bonds. The molecule has 0 saturated carbocycles. The monoisotopic (exact) mass is 391 g/mol. The van der Waals surface area contributed by atoms with Crippen molar-refractivity contribution in [3.63, 3.8) is 0 Å². The van der Waals surface area contributed by atoms with Crippen LogP contribution in [0.15, 0.2) is 29.3 Å². The van der Waals surface area contributed by atoms with Crippen LogP contribution in [0.2, 0.25) is 0 Å². The van der Waals surface area contributed by atoms with Crippen LogP contribution in [0.4, 0.5) is 0 Å². The number of benzene rings is 1. The molecule has 150 valence electrons. The average molecular weight is 392 g/mol. The first-order valence-corrected chi connectivity index (χ1v) is 12.0. The van der Waals surface area contributed by atoms with Gasteiger partial charge in [-0.25, -0.2) is 8.42 Å². The molecular formula is C21H33N3O2S. The van der Waals surface area contributed by atoms with E-state index in [1.807, 2.05) is 0 Å². The van der Waals surface area contributed by atoms with Gasteiger partial charge in [-0.3, -0.25) is 4.99 Å². The minimum absolute atomic E-state index is 0.203. The number of hydrogen-bond donors (Lipinski definition) is 1. The van der Waals surface area contributed by atoms with Crippen LogP contribution in [0.25, 0.3) is 0 Å². The second kappa shape index (κ2) is 8.63. The van der Waals surface area contributed by atoms with Crippen LogP contribution in [0, 0.1) is 18.8 Å². The molecule has 6 heteroatoms. The molecule has 1 aromatic carbocycles. The Morgan fingerprint density at radius 2 is 2.07 bits per heavy atom. The van der Waals surface area contributed by atoms with E-state index in [2.05, 4.69) is 55.3 Å². The maximum absolute atomic E-state index is 11.7. The fourth-order valence-corrected chi connectivity index (χ4v) is 5.92.